The second kappa shape index (κ2) is 7.37. The summed E-state index contributed by atoms with van der Waals surface area (Å²) in [4.78, 5) is 24.0. The van der Waals surface area contributed by atoms with Crippen LogP contribution in [0.1, 0.15) is 23.3 Å². The van der Waals surface area contributed by atoms with Crippen molar-refractivity contribution in [2.75, 3.05) is 13.2 Å². The van der Waals surface area contributed by atoms with Crippen molar-refractivity contribution in [1.29, 1.82) is 0 Å². The second-order valence-electron chi connectivity index (χ2n) is 5.37. The highest BCUT2D eigenvalue weighted by atomic mass is 32.1. The lowest BCUT2D eigenvalue weighted by atomic mass is 10.1. The molecule has 1 aliphatic heterocycles. The van der Waals surface area contributed by atoms with Crippen molar-refractivity contribution in [3.63, 3.8) is 0 Å². The molecule has 126 valence electrons. The van der Waals surface area contributed by atoms with E-state index in [9.17, 15) is 9.59 Å². The average molecular weight is 347 g/mol. The number of benzene rings is 1. The summed E-state index contributed by atoms with van der Waals surface area (Å²) in [7, 11) is 0. The van der Waals surface area contributed by atoms with Crippen LogP contribution in [0.25, 0.3) is 10.8 Å². The zero-order chi connectivity index (χ0) is 16.9. The van der Waals surface area contributed by atoms with Crippen LogP contribution in [0.3, 0.4) is 0 Å². The number of amides is 1. The third kappa shape index (κ3) is 3.69. The molecule has 2 aromatic rings. The lowest BCUT2D eigenvalue weighted by Crippen LogP contribution is -2.48. The van der Waals surface area contributed by atoms with Gasteiger partial charge in [-0.15, -0.1) is 0 Å². The van der Waals surface area contributed by atoms with Crippen LogP contribution < -0.4 is 21.7 Å². The standard InChI is InChI=1S/C15H17N5O3S/c21-13-11-6-2-1-5-10(11)12(17-18-13)14(22)19-20-15(24)16-8-9-4-3-7-23-9/h1-2,5-6,9H,3-4,7-8H2,(H,18,21)(H,19,22)(H2,16,20,24). The number of carbonyl (C=O) groups is 1. The minimum atomic E-state index is -0.497. The van der Waals surface area contributed by atoms with Gasteiger partial charge in [0.1, 0.15) is 0 Å². The van der Waals surface area contributed by atoms with Crippen molar-refractivity contribution in [3.05, 3.63) is 40.3 Å². The Labute approximate surface area is 142 Å². The lowest BCUT2D eigenvalue weighted by Gasteiger charge is -2.14. The molecule has 1 fully saturated rings. The Hall–Kier alpha value is -2.52. The van der Waals surface area contributed by atoms with Crippen molar-refractivity contribution in [2.45, 2.75) is 18.9 Å². The smallest absolute Gasteiger partial charge is 0.290 e. The number of hydrazine groups is 1. The lowest BCUT2D eigenvalue weighted by molar-refractivity contribution is 0.0939. The highest BCUT2D eigenvalue weighted by Gasteiger charge is 2.16. The maximum atomic E-state index is 12.3. The van der Waals surface area contributed by atoms with Gasteiger partial charge in [0, 0.05) is 18.5 Å². The maximum Gasteiger partial charge on any atom is 0.290 e. The number of ether oxygens (including phenoxy) is 1. The van der Waals surface area contributed by atoms with Gasteiger partial charge in [-0.05, 0) is 31.1 Å². The van der Waals surface area contributed by atoms with Gasteiger partial charge in [0.2, 0.25) is 0 Å². The van der Waals surface area contributed by atoms with E-state index >= 15 is 0 Å². The van der Waals surface area contributed by atoms with Gasteiger partial charge in [-0.3, -0.25) is 20.4 Å². The molecule has 0 saturated carbocycles. The van der Waals surface area contributed by atoms with Gasteiger partial charge in [0.25, 0.3) is 11.5 Å². The minimum absolute atomic E-state index is 0.111. The highest BCUT2D eigenvalue weighted by Crippen LogP contribution is 2.12. The van der Waals surface area contributed by atoms with E-state index in [2.05, 4.69) is 26.4 Å². The van der Waals surface area contributed by atoms with Crippen LogP contribution in [0, 0.1) is 0 Å². The Morgan fingerprint density at radius 1 is 1.33 bits per heavy atom. The summed E-state index contributed by atoms with van der Waals surface area (Å²) in [6.45, 7) is 1.36. The molecule has 9 heteroatoms. The average Bonchev–Trinajstić information content (AvgIpc) is 3.12. The third-order valence-corrected chi connectivity index (χ3v) is 3.96. The van der Waals surface area contributed by atoms with Crippen LogP contribution in [-0.2, 0) is 4.74 Å². The molecular formula is C15H17N5O3S. The minimum Gasteiger partial charge on any atom is -0.376 e. The van der Waals surface area contributed by atoms with E-state index in [1.54, 1.807) is 24.3 Å². The second-order valence-corrected chi connectivity index (χ2v) is 5.78. The molecule has 3 rings (SSSR count). The van der Waals surface area contributed by atoms with Crippen LogP contribution in [0.15, 0.2) is 29.1 Å². The quantitative estimate of drug-likeness (QED) is 0.464. The van der Waals surface area contributed by atoms with Gasteiger partial charge >= 0.3 is 0 Å². The fraction of sp³-hybridized carbons (Fsp3) is 0.333. The zero-order valence-electron chi connectivity index (χ0n) is 12.8. The van der Waals surface area contributed by atoms with E-state index in [1.807, 2.05) is 0 Å². The number of hydrogen-bond acceptors (Lipinski definition) is 5. The molecule has 1 aliphatic rings. The number of aromatic amines is 1. The van der Waals surface area contributed by atoms with Crippen molar-refractivity contribution in [3.8, 4) is 0 Å². The Morgan fingerprint density at radius 2 is 2.12 bits per heavy atom. The van der Waals surface area contributed by atoms with Crippen LogP contribution in [0.2, 0.25) is 0 Å². The molecule has 2 heterocycles. The van der Waals surface area contributed by atoms with Gasteiger partial charge < -0.3 is 10.1 Å². The van der Waals surface area contributed by atoms with E-state index < -0.39 is 5.91 Å². The first-order valence-electron chi connectivity index (χ1n) is 7.58. The number of thiocarbonyl (C=S) groups is 1. The SMILES string of the molecule is O=C(NNC(=S)NCC1CCCO1)c1n[nH]c(=O)c2ccccc12. The molecule has 0 radical (unpaired) electrons. The summed E-state index contributed by atoms with van der Waals surface area (Å²) in [6, 6.07) is 6.76. The van der Waals surface area contributed by atoms with E-state index in [0.717, 1.165) is 19.4 Å². The summed E-state index contributed by atoms with van der Waals surface area (Å²) in [5.41, 5.74) is 4.85. The first-order chi connectivity index (χ1) is 11.6. The summed E-state index contributed by atoms with van der Waals surface area (Å²) in [5.74, 6) is -0.497. The number of carbonyl (C=O) groups excluding carboxylic acids is 1. The molecule has 1 saturated heterocycles. The van der Waals surface area contributed by atoms with Crippen molar-refractivity contribution < 1.29 is 9.53 Å². The number of nitrogens with one attached hydrogen (secondary N) is 4. The zero-order valence-corrected chi connectivity index (χ0v) is 13.6. The topological polar surface area (TPSA) is 108 Å². The van der Waals surface area contributed by atoms with E-state index in [4.69, 9.17) is 17.0 Å². The molecule has 8 nitrogen and oxygen atoms in total. The van der Waals surface area contributed by atoms with Crippen molar-refractivity contribution >= 4 is 34.0 Å². The summed E-state index contributed by atoms with van der Waals surface area (Å²) >= 11 is 5.10. The molecule has 24 heavy (non-hydrogen) atoms. The number of aromatic nitrogens is 2. The number of hydrogen-bond donors (Lipinski definition) is 4. The Morgan fingerprint density at radius 3 is 2.88 bits per heavy atom. The molecule has 1 aromatic carbocycles. The predicted molar refractivity (Wildman–Crippen MR) is 92.5 cm³/mol. The monoisotopic (exact) mass is 347 g/mol. The fourth-order valence-corrected chi connectivity index (χ4v) is 2.65. The first-order valence-corrected chi connectivity index (χ1v) is 7.99. The molecule has 0 spiro atoms. The van der Waals surface area contributed by atoms with Gasteiger partial charge in [-0.25, -0.2) is 5.10 Å². The molecule has 1 unspecified atom stereocenters. The molecule has 0 aliphatic carbocycles. The molecule has 1 atom stereocenters. The van der Waals surface area contributed by atoms with Crippen LogP contribution in [0.5, 0.6) is 0 Å². The third-order valence-electron chi connectivity index (χ3n) is 3.71. The van der Waals surface area contributed by atoms with Crippen LogP contribution in [0.4, 0.5) is 0 Å². The molecule has 0 bridgehead atoms. The first kappa shape index (κ1) is 16.3. The van der Waals surface area contributed by atoms with Gasteiger partial charge in [-0.2, -0.15) is 5.10 Å². The van der Waals surface area contributed by atoms with E-state index in [0.29, 0.717) is 17.3 Å². The summed E-state index contributed by atoms with van der Waals surface area (Å²) in [6.07, 6.45) is 2.19. The van der Waals surface area contributed by atoms with Crippen LogP contribution in [-0.4, -0.2) is 40.5 Å². The van der Waals surface area contributed by atoms with Gasteiger partial charge in [0.15, 0.2) is 10.8 Å². The summed E-state index contributed by atoms with van der Waals surface area (Å²) < 4.78 is 5.48. The van der Waals surface area contributed by atoms with Crippen molar-refractivity contribution in [1.82, 2.24) is 26.4 Å². The molecular weight excluding hydrogens is 330 g/mol. The van der Waals surface area contributed by atoms with Gasteiger partial charge in [-0.1, -0.05) is 18.2 Å². The summed E-state index contributed by atoms with van der Waals surface area (Å²) in [5, 5.41) is 10.3. The Kier molecular flexibility index (Phi) is 5.02. The molecule has 1 aromatic heterocycles. The number of fused-ring (bicyclic) bond motifs is 1. The van der Waals surface area contributed by atoms with Gasteiger partial charge in [0.05, 0.1) is 11.5 Å². The predicted octanol–water partition coefficient (Wildman–Crippen LogP) is 0.211. The molecule has 4 N–H and O–H groups in total. The highest BCUT2D eigenvalue weighted by molar-refractivity contribution is 7.80. The Bertz CT molecular complexity index is 816. The largest absolute Gasteiger partial charge is 0.376 e. The van der Waals surface area contributed by atoms with Crippen LogP contribution >= 0.6 is 12.2 Å². The normalized spacial score (nSPS) is 16.8. The Balaban J connectivity index is 1.60. The number of rotatable bonds is 3. The van der Waals surface area contributed by atoms with E-state index in [1.165, 1.54) is 0 Å². The molecule has 1 amide bonds. The number of H-pyrrole nitrogens is 1. The maximum absolute atomic E-state index is 12.3. The van der Waals surface area contributed by atoms with E-state index in [-0.39, 0.29) is 22.5 Å². The van der Waals surface area contributed by atoms with Crippen molar-refractivity contribution in [2.24, 2.45) is 0 Å². The fourth-order valence-electron chi connectivity index (χ4n) is 2.52. The number of nitrogens with zero attached hydrogens (tertiary/aromatic N) is 1.